The van der Waals surface area contributed by atoms with E-state index in [9.17, 15) is 9.90 Å². The topological polar surface area (TPSA) is 59.0 Å². The van der Waals surface area contributed by atoms with Crippen molar-refractivity contribution in [2.75, 3.05) is 18.0 Å². The second-order valence-corrected chi connectivity index (χ2v) is 13.4. The molecule has 1 fully saturated rings. The van der Waals surface area contributed by atoms with Gasteiger partial charge in [0.1, 0.15) is 0 Å². The van der Waals surface area contributed by atoms with E-state index in [0.717, 1.165) is 10.4 Å². The molecule has 1 aliphatic rings. The highest BCUT2D eigenvalue weighted by Gasteiger charge is 2.38. The van der Waals surface area contributed by atoms with E-state index in [4.69, 9.17) is 9.16 Å². The molecule has 38 heavy (non-hydrogen) atoms. The summed E-state index contributed by atoms with van der Waals surface area (Å²) in [5, 5.41) is 11.8. The van der Waals surface area contributed by atoms with Crippen molar-refractivity contribution >= 4 is 31.1 Å². The molecule has 1 aliphatic heterocycles. The van der Waals surface area contributed by atoms with Gasteiger partial charge in [0.05, 0.1) is 29.6 Å². The molecule has 0 aromatic heterocycles. The van der Waals surface area contributed by atoms with E-state index in [2.05, 4.69) is 0 Å². The standard InChI is InChI=1S/C30H35F2NO4Si/c1-19-17-33(18-20(2)36-19)27-24(16-23(29(34)35)25(31)26(27)32)28(30(3,4)5)37-38(21-12-8-6-9-13-21)22-14-10-7-11-15-22/h6-16,19-20,28,38H,17-18H2,1-5H3,(H,34,35). The Morgan fingerprint density at radius 3 is 1.92 bits per heavy atom. The summed E-state index contributed by atoms with van der Waals surface area (Å²) in [5.74, 6) is -4.06. The van der Waals surface area contributed by atoms with E-state index in [1.807, 2.05) is 95.3 Å². The predicted octanol–water partition coefficient (Wildman–Crippen LogP) is 4.92. The fourth-order valence-corrected chi connectivity index (χ4v) is 7.83. The minimum absolute atomic E-state index is 0.0447. The van der Waals surface area contributed by atoms with Gasteiger partial charge in [-0.2, -0.15) is 0 Å². The lowest BCUT2D eigenvalue weighted by Crippen LogP contribution is -2.48. The maximum atomic E-state index is 15.9. The fraction of sp³-hybridized carbons (Fsp3) is 0.367. The number of aromatic carboxylic acids is 1. The zero-order valence-electron chi connectivity index (χ0n) is 22.4. The van der Waals surface area contributed by atoms with E-state index in [1.54, 1.807) is 4.90 Å². The molecule has 8 heteroatoms. The van der Waals surface area contributed by atoms with Crippen LogP contribution in [-0.4, -0.2) is 45.4 Å². The van der Waals surface area contributed by atoms with E-state index >= 15 is 8.78 Å². The Kier molecular flexibility index (Phi) is 8.35. The maximum absolute atomic E-state index is 15.9. The number of rotatable bonds is 7. The molecule has 4 rings (SSSR count). The van der Waals surface area contributed by atoms with Gasteiger partial charge in [0, 0.05) is 18.7 Å². The number of ether oxygens (including phenoxy) is 1. The summed E-state index contributed by atoms with van der Waals surface area (Å²) in [6, 6.07) is 21.0. The zero-order valence-corrected chi connectivity index (χ0v) is 23.6. The van der Waals surface area contributed by atoms with Crippen molar-refractivity contribution < 1.29 is 27.8 Å². The highest BCUT2D eigenvalue weighted by atomic mass is 28.3. The third-order valence-electron chi connectivity index (χ3n) is 6.72. The fourth-order valence-electron chi connectivity index (χ4n) is 5.16. The van der Waals surface area contributed by atoms with Crippen LogP contribution in [0.5, 0.6) is 0 Å². The lowest BCUT2D eigenvalue weighted by molar-refractivity contribution is -0.00577. The van der Waals surface area contributed by atoms with Gasteiger partial charge < -0.3 is 19.2 Å². The maximum Gasteiger partial charge on any atom is 0.338 e. The number of carbonyl (C=O) groups is 1. The van der Waals surface area contributed by atoms with E-state index < -0.39 is 43.7 Å². The number of hydrogen-bond acceptors (Lipinski definition) is 4. The Labute approximate surface area is 224 Å². The Morgan fingerprint density at radius 2 is 1.47 bits per heavy atom. The quantitative estimate of drug-likeness (QED) is 0.432. The van der Waals surface area contributed by atoms with Crippen LogP contribution in [-0.2, 0) is 9.16 Å². The monoisotopic (exact) mass is 539 g/mol. The molecule has 1 heterocycles. The van der Waals surface area contributed by atoms with Crippen LogP contribution < -0.4 is 15.3 Å². The molecule has 0 spiro atoms. The number of carboxylic acids is 1. The number of anilines is 1. The van der Waals surface area contributed by atoms with Gasteiger partial charge in [-0.05, 0) is 35.7 Å². The van der Waals surface area contributed by atoms with Gasteiger partial charge in [-0.3, -0.25) is 0 Å². The predicted molar refractivity (Wildman–Crippen MR) is 148 cm³/mol. The van der Waals surface area contributed by atoms with Crippen molar-refractivity contribution in [2.45, 2.75) is 52.9 Å². The molecule has 0 bridgehead atoms. The number of morpholine rings is 1. The van der Waals surface area contributed by atoms with Crippen molar-refractivity contribution in [3.05, 3.63) is 89.5 Å². The average Bonchev–Trinajstić information content (AvgIpc) is 2.86. The Hall–Kier alpha value is -3.07. The van der Waals surface area contributed by atoms with Crippen molar-refractivity contribution in [2.24, 2.45) is 5.41 Å². The van der Waals surface area contributed by atoms with Crippen LogP contribution in [0.25, 0.3) is 0 Å². The average molecular weight is 540 g/mol. The van der Waals surface area contributed by atoms with Gasteiger partial charge in [0.15, 0.2) is 11.6 Å². The number of nitrogens with zero attached hydrogens (tertiary/aromatic N) is 1. The molecule has 1 saturated heterocycles. The van der Waals surface area contributed by atoms with Gasteiger partial charge >= 0.3 is 5.97 Å². The minimum Gasteiger partial charge on any atom is -0.478 e. The van der Waals surface area contributed by atoms with Crippen LogP contribution in [0, 0.1) is 17.0 Å². The smallest absolute Gasteiger partial charge is 0.338 e. The molecule has 0 saturated carbocycles. The molecule has 1 N–H and O–H groups in total. The molecule has 0 amide bonds. The first-order valence-electron chi connectivity index (χ1n) is 12.9. The Bertz CT molecular complexity index is 1220. The van der Waals surface area contributed by atoms with E-state index in [0.29, 0.717) is 18.7 Å². The highest BCUT2D eigenvalue weighted by Crippen LogP contribution is 2.44. The molecule has 3 aromatic carbocycles. The van der Waals surface area contributed by atoms with Crippen LogP contribution in [0.15, 0.2) is 66.7 Å². The SMILES string of the molecule is CC1CN(c2c(C(O[SiH](c3ccccc3)c3ccccc3)C(C)(C)C)cc(C(=O)O)c(F)c2F)CC(C)O1. The van der Waals surface area contributed by atoms with Gasteiger partial charge in [0.25, 0.3) is 0 Å². The van der Waals surface area contributed by atoms with Crippen LogP contribution in [0.1, 0.15) is 56.6 Å². The van der Waals surface area contributed by atoms with Gasteiger partial charge in [-0.25, -0.2) is 13.6 Å². The molecule has 202 valence electrons. The number of carboxylic acid groups (broad SMARTS) is 1. The molecule has 3 aromatic rings. The summed E-state index contributed by atoms with van der Waals surface area (Å²) >= 11 is 0. The summed E-state index contributed by atoms with van der Waals surface area (Å²) in [6.07, 6.45) is -1.15. The molecule has 0 radical (unpaired) electrons. The zero-order chi connectivity index (χ0) is 27.6. The van der Waals surface area contributed by atoms with E-state index in [-0.39, 0.29) is 17.9 Å². The number of benzene rings is 3. The summed E-state index contributed by atoms with van der Waals surface area (Å²) < 4.78 is 43.9. The number of hydrogen-bond donors (Lipinski definition) is 1. The van der Waals surface area contributed by atoms with Crippen molar-refractivity contribution in [1.29, 1.82) is 0 Å². The Morgan fingerprint density at radius 1 is 0.974 bits per heavy atom. The molecule has 3 unspecified atom stereocenters. The van der Waals surface area contributed by atoms with Crippen LogP contribution >= 0.6 is 0 Å². The second-order valence-electron chi connectivity index (χ2n) is 11.0. The van der Waals surface area contributed by atoms with Crippen molar-refractivity contribution in [1.82, 2.24) is 0 Å². The molecule has 0 aliphatic carbocycles. The lowest BCUT2D eigenvalue weighted by atomic mass is 9.83. The normalized spacial score (nSPS) is 19.0. The van der Waals surface area contributed by atoms with E-state index in [1.165, 1.54) is 6.07 Å². The third kappa shape index (κ3) is 5.98. The first-order chi connectivity index (χ1) is 18.0. The Balaban J connectivity index is 1.92. The lowest BCUT2D eigenvalue weighted by Gasteiger charge is -2.41. The van der Waals surface area contributed by atoms with Crippen molar-refractivity contribution in [3.63, 3.8) is 0 Å². The van der Waals surface area contributed by atoms with Crippen LogP contribution in [0.4, 0.5) is 14.5 Å². The van der Waals surface area contributed by atoms with Crippen molar-refractivity contribution in [3.8, 4) is 0 Å². The third-order valence-corrected chi connectivity index (χ3v) is 9.25. The summed E-state index contributed by atoms with van der Waals surface area (Å²) in [7, 11) is -2.34. The first kappa shape index (κ1) is 27.9. The van der Waals surface area contributed by atoms with Gasteiger partial charge in [-0.1, -0.05) is 81.4 Å². The second kappa shape index (κ2) is 11.4. The summed E-state index contributed by atoms with van der Waals surface area (Å²) in [6.45, 7) is 10.4. The molecule has 3 atom stereocenters. The molecular weight excluding hydrogens is 504 g/mol. The van der Waals surface area contributed by atoms with Gasteiger partial charge in [0.2, 0.25) is 9.04 Å². The summed E-state index contributed by atoms with van der Waals surface area (Å²) in [4.78, 5) is 13.7. The summed E-state index contributed by atoms with van der Waals surface area (Å²) in [5.41, 5.74) is -0.901. The highest BCUT2D eigenvalue weighted by molar-refractivity contribution is 6.80. The van der Waals surface area contributed by atoms with Gasteiger partial charge in [-0.15, -0.1) is 0 Å². The number of halogens is 2. The van der Waals surface area contributed by atoms with Crippen LogP contribution in [0.3, 0.4) is 0 Å². The molecular formula is C30H35F2NO4Si. The molecule has 5 nitrogen and oxygen atoms in total. The minimum atomic E-state index is -2.34. The largest absolute Gasteiger partial charge is 0.478 e. The van der Waals surface area contributed by atoms with Crippen LogP contribution in [0.2, 0.25) is 0 Å². The first-order valence-corrected chi connectivity index (χ1v) is 14.5.